The fourth-order valence-corrected chi connectivity index (χ4v) is 4.46. The van der Waals surface area contributed by atoms with Gasteiger partial charge in [0.15, 0.2) is 0 Å². The van der Waals surface area contributed by atoms with Crippen molar-refractivity contribution in [3.05, 3.63) is 77.9 Å². The third-order valence-electron chi connectivity index (χ3n) is 6.43. The molecule has 11 heteroatoms. The zero-order valence-electron chi connectivity index (χ0n) is 18.8. The number of nitrogens with one attached hydrogen (secondary N) is 2. The number of aromatic nitrogens is 4. The van der Waals surface area contributed by atoms with E-state index in [-0.39, 0.29) is 0 Å². The van der Waals surface area contributed by atoms with Crippen molar-refractivity contribution in [3.8, 4) is 22.5 Å². The molecule has 1 aliphatic heterocycles. The van der Waals surface area contributed by atoms with Crippen LogP contribution in [-0.4, -0.2) is 33.0 Å². The van der Waals surface area contributed by atoms with Gasteiger partial charge in [-0.15, -0.1) is 0 Å². The van der Waals surface area contributed by atoms with E-state index in [1.165, 1.54) is 24.3 Å². The molecule has 2 N–H and O–H groups in total. The highest BCUT2D eigenvalue weighted by Crippen LogP contribution is 2.38. The van der Waals surface area contributed by atoms with Crippen LogP contribution in [0.1, 0.15) is 35.6 Å². The van der Waals surface area contributed by atoms with E-state index in [4.69, 9.17) is 0 Å². The Bertz CT molecular complexity index is 1220. The molecule has 1 fully saturated rings. The van der Waals surface area contributed by atoms with Crippen LogP contribution in [0.25, 0.3) is 22.5 Å². The molecule has 2 aromatic carbocycles. The first-order valence-corrected chi connectivity index (χ1v) is 11.3. The van der Waals surface area contributed by atoms with Gasteiger partial charge in [-0.1, -0.05) is 24.3 Å². The summed E-state index contributed by atoms with van der Waals surface area (Å²) >= 11 is 0. The molecule has 3 heterocycles. The van der Waals surface area contributed by atoms with Gasteiger partial charge >= 0.3 is 12.4 Å². The number of nitrogens with zero attached hydrogens (tertiary/aromatic N) is 3. The van der Waals surface area contributed by atoms with E-state index < -0.39 is 23.5 Å². The third-order valence-corrected chi connectivity index (χ3v) is 6.43. The summed E-state index contributed by atoms with van der Waals surface area (Å²) in [6.45, 7) is 1.35. The van der Waals surface area contributed by atoms with Crippen molar-refractivity contribution in [2.24, 2.45) is 0 Å². The lowest BCUT2D eigenvalue weighted by atomic mass is 9.94. The van der Waals surface area contributed by atoms with E-state index in [0.717, 1.165) is 42.8 Å². The summed E-state index contributed by atoms with van der Waals surface area (Å²) in [6.07, 6.45) is -3.83. The second-order valence-corrected chi connectivity index (χ2v) is 8.70. The molecule has 0 atom stereocenters. The lowest BCUT2D eigenvalue weighted by molar-refractivity contribution is -0.138. The highest BCUT2D eigenvalue weighted by molar-refractivity contribution is 5.80. The van der Waals surface area contributed by atoms with Crippen LogP contribution >= 0.6 is 0 Å². The first kappa shape index (κ1) is 24.0. The number of rotatable bonds is 4. The maximum atomic E-state index is 13.1. The van der Waals surface area contributed by atoms with Crippen LogP contribution in [-0.2, 0) is 12.4 Å². The average molecular weight is 505 g/mol. The van der Waals surface area contributed by atoms with Gasteiger partial charge in [0.05, 0.1) is 28.8 Å². The van der Waals surface area contributed by atoms with Crippen LogP contribution in [0.3, 0.4) is 0 Å². The second-order valence-electron chi connectivity index (χ2n) is 8.70. The normalized spacial score (nSPS) is 15.4. The molecule has 0 aliphatic carbocycles. The van der Waals surface area contributed by atoms with E-state index in [2.05, 4.69) is 19.9 Å². The molecule has 5 rings (SSSR count). The van der Waals surface area contributed by atoms with Crippen LogP contribution in [0, 0.1) is 0 Å². The summed E-state index contributed by atoms with van der Waals surface area (Å²) in [5, 5.41) is 0. The number of H-pyrrole nitrogens is 2. The first-order valence-electron chi connectivity index (χ1n) is 11.3. The zero-order chi connectivity index (χ0) is 25.5. The van der Waals surface area contributed by atoms with Crippen molar-refractivity contribution < 1.29 is 26.3 Å². The Labute approximate surface area is 202 Å². The van der Waals surface area contributed by atoms with Gasteiger partial charge in [0.2, 0.25) is 5.95 Å². The number of imidazole rings is 2. The van der Waals surface area contributed by atoms with Gasteiger partial charge in [0.25, 0.3) is 0 Å². The summed E-state index contributed by atoms with van der Waals surface area (Å²) in [6, 6.07) is 9.19. The van der Waals surface area contributed by atoms with Crippen molar-refractivity contribution in [2.75, 3.05) is 18.0 Å². The van der Waals surface area contributed by atoms with Crippen LogP contribution in [0.4, 0.5) is 32.3 Å². The van der Waals surface area contributed by atoms with Crippen molar-refractivity contribution in [1.82, 2.24) is 19.9 Å². The van der Waals surface area contributed by atoms with E-state index in [1.807, 2.05) is 4.90 Å². The second kappa shape index (κ2) is 9.03. The number of alkyl halides is 6. The van der Waals surface area contributed by atoms with Crippen LogP contribution < -0.4 is 4.90 Å². The van der Waals surface area contributed by atoms with Crippen molar-refractivity contribution in [3.63, 3.8) is 0 Å². The number of benzene rings is 2. The Morgan fingerprint density at radius 1 is 0.778 bits per heavy atom. The Hall–Kier alpha value is -3.76. The monoisotopic (exact) mass is 505 g/mol. The Balaban J connectivity index is 1.48. The highest BCUT2D eigenvalue weighted by atomic mass is 19.4. The molecular formula is C25H21F6N5. The predicted molar refractivity (Wildman–Crippen MR) is 122 cm³/mol. The number of hydrogen-bond acceptors (Lipinski definition) is 3. The molecule has 4 aromatic rings. The van der Waals surface area contributed by atoms with Crippen LogP contribution in [0.5, 0.6) is 0 Å². The van der Waals surface area contributed by atoms with Crippen LogP contribution in [0.15, 0.2) is 61.1 Å². The molecule has 5 nitrogen and oxygen atoms in total. The molecule has 36 heavy (non-hydrogen) atoms. The fraction of sp³-hybridized carbons (Fsp3) is 0.280. The lowest BCUT2D eigenvalue weighted by Crippen LogP contribution is -2.33. The molecule has 0 bridgehead atoms. The molecular weight excluding hydrogens is 484 g/mol. The smallest absolute Gasteiger partial charge is 0.348 e. The van der Waals surface area contributed by atoms with E-state index in [0.29, 0.717) is 47.5 Å². The topological polar surface area (TPSA) is 60.6 Å². The SMILES string of the molecule is FC(F)(F)c1ccc(-c2nc(N3CCC(c4cnc[nH]4)CC3)[nH]c2-c2ccc(C(F)(F)F)cc2)cc1. The molecule has 1 saturated heterocycles. The molecule has 1 aliphatic rings. The van der Waals surface area contributed by atoms with E-state index in [1.54, 1.807) is 12.5 Å². The molecule has 0 saturated carbocycles. The highest BCUT2D eigenvalue weighted by Gasteiger charge is 2.32. The van der Waals surface area contributed by atoms with Gasteiger partial charge in [-0.3, -0.25) is 0 Å². The number of halogens is 6. The summed E-state index contributed by atoms with van der Waals surface area (Å²) in [7, 11) is 0. The Morgan fingerprint density at radius 2 is 1.33 bits per heavy atom. The van der Waals surface area contributed by atoms with Gasteiger partial charge in [0, 0.05) is 42.0 Å². The van der Waals surface area contributed by atoms with Crippen molar-refractivity contribution in [1.29, 1.82) is 0 Å². The van der Waals surface area contributed by atoms with Crippen LogP contribution in [0.2, 0.25) is 0 Å². The summed E-state index contributed by atoms with van der Waals surface area (Å²) in [5.41, 5.74) is 1.16. The quantitative estimate of drug-likeness (QED) is 0.297. The zero-order valence-corrected chi connectivity index (χ0v) is 18.8. The Morgan fingerprint density at radius 3 is 1.83 bits per heavy atom. The maximum Gasteiger partial charge on any atom is 0.416 e. The lowest BCUT2D eigenvalue weighted by Gasteiger charge is -2.31. The van der Waals surface area contributed by atoms with Gasteiger partial charge in [0.1, 0.15) is 0 Å². The number of piperidine rings is 1. The number of anilines is 1. The van der Waals surface area contributed by atoms with Crippen molar-refractivity contribution in [2.45, 2.75) is 31.1 Å². The predicted octanol–water partition coefficient (Wildman–Crippen LogP) is 6.89. The standard InChI is InChI=1S/C25H21F6N5/c26-24(27,28)18-5-1-16(2-6-18)21-22(17-3-7-19(8-4-17)25(29,30)31)35-23(34-21)36-11-9-15(10-12-36)20-13-32-14-33-20/h1-8,13-15H,9-12H2,(H,32,33)(H,34,35). The van der Waals surface area contributed by atoms with Gasteiger partial charge in [-0.05, 0) is 37.1 Å². The molecule has 188 valence electrons. The molecule has 0 radical (unpaired) electrons. The van der Waals surface area contributed by atoms with Gasteiger partial charge < -0.3 is 14.9 Å². The summed E-state index contributed by atoms with van der Waals surface area (Å²) < 4.78 is 78.3. The maximum absolute atomic E-state index is 13.1. The van der Waals surface area contributed by atoms with Crippen molar-refractivity contribution >= 4 is 5.95 Å². The number of aromatic amines is 2. The summed E-state index contributed by atoms with van der Waals surface area (Å²) in [5.74, 6) is 0.838. The van der Waals surface area contributed by atoms with Gasteiger partial charge in [-0.25, -0.2) is 9.97 Å². The minimum Gasteiger partial charge on any atom is -0.348 e. The molecule has 0 amide bonds. The van der Waals surface area contributed by atoms with E-state index in [9.17, 15) is 26.3 Å². The summed E-state index contributed by atoms with van der Waals surface area (Å²) in [4.78, 5) is 17.1. The third kappa shape index (κ3) is 4.82. The number of hydrogen-bond donors (Lipinski definition) is 2. The molecule has 0 unspecified atom stereocenters. The first-order chi connectivity index (χ1) is 17.1. The fourth-order valence-electron chi connectivity index (χ4n) is 4.46. The minimum absolute atomic E-state index is 0.322. The van der Waals surface area contributed by atoms with Gasteiger partial charge in [-0.2, -0.15) is 26.3 Å². The minimum atomic E-state index is -4.48. The molecule has 2 aromatic heterocycles. The largest absolute Gasteiger partial charge is 0.416 e. The Kier molecular flexibility index (Phi) is 6.01. The van der Waals surface area contributed by atoms with E-state index >= 15 is 0 Å². The average Bonchev–Trinajstić information content (AvgIpc) is 3.54. The molecule has 0 spiro atoms.